The quantitative estimate of drug-likeness (QED) is 0.788. The molecule has 3 aromatic rings. The van der Waals surface area contributed by atoms with Gasteiger partial charge in [-0.3, -0.25) is 4.68 Å². The molecule has 0 bridgehead atoms. The van der Waals surface area contributed by atoms with Gasteiger partial charge in [0.1, 0.15) is 21.8 Å². The molecule has 0 spiro atoms. The molecule has 0 aliphatic carbocycles. The first kappa shape index (κ1) is 13.7. The molecule has 3 rings (SSSR count). The summed E-state index contributed by atoms with van der Waals surface area (Å²) in [5.74, 6) is -0.0699. The molecule has 0 amide bonds. The minimum Gasteiger partial charge on any atom is -0.436 e. The van der Waals surface area contributed by atoms with Gasteiger partial charge in [-0.05, 0) is 12.1 Å². The number of nitrogens with one attached hydrogen (secondary N) is 1. The molecule has 0 aliphatic rings. The van der Waals surface area contributed by atoms with E-state index in [1.165, 1.54) is 12.1 Å². The molecule has 0 unspecified atom stereocenters. The third-order valence-electron chi connectivity index (χ3n) is 2.73. The molecule has 6 nitrogen and oxygen atoms in total. The summed E-state index contributed by atoms with van der Waals surface area (Å²) in [6.07, 6.45) is -4.61. The molecule has 1 aromatic carbocycles. The lowest BCUT2D eigenvalue weighted by Crippen LogP contribution is -2.12. The lowest BCUT2D eigenvalue weighted by molar-refractivity contribution is -0.143. The van der Waals surface area contributed by atoms with Gasteiger partial charge in [0.15, 0.2) is 5.69 Å². The molecule has 2 heterocycles. The standard InChI is InChI=1S/C11H7ClF3N5O/c1-20-9(11(13,14)15)8(12)10(18-20)21-5-2-3-6-7(4-5)17-19-16-6/h2-4H,1H3,(H,16,17,19). The van der Waals surface area contributed by atoms with Crippen LogP contribution in [-0.2, 0) is 13.2 Å². The Bertz CT molecular complexity index is 810. The summed E-state index contributed by atoms with van der Waals surface area (Å²) in [5.41, 5.74) is 0.0442. The van der Waals surface area contributed by atoms with Crippen LogP contribution in [-0.4, -0.2) is 25.2 Å². The highest BCUT2D eigenvalue weighted by molar-refractivity contribution is 6.32. The number of aromatic amines is 1. The monoisotopic (exact) mass is 317 g/mol. The second-order valence-electron chi connectivity index (χ2n) is 4.17. The number of rotatable bonds is 2. The lowest BCUT2D eigenvalue weighted by atomic mass is 10.3. The van der Waals surface area contributed by atoms with E-state index in [4.69, 9.17) is 16.3 Å². The van der Waals surface area contributed by atoms with Gasteiger partial charge < -0.3 is 4.74 Å². The van der Waals surface area contributed by atoms with E-state index in [0.717, 1.165) is 7.05 Å². The van der Waals surface area contributed by atoms with E-state index in [1.54, 1.807) is 6.07 Å². The van der Waals surface area contributed by atoms with E-state index in [9.17, 15) is 13.2 Å². The van der Waals surface area contributed by atoms with E-state index in [1.807, 2.05) is 0 Å². The number of H-pyrrole nitrogens is 1. The van der Waals surface area contributed by atoms with Gasteiger partial charge in [0.25, 0.3) is 5.88 Å². The van der Waals surface area contributed by atoms with Crippen LogP contribution in [0.4, 0.5) is 13.2 Å². The molecule has 0 saturated heterocycles. The van der Waals surface area contributed by atoms with Crippen LogP contribution in [0.5, 0.6) is 11.6 Å². The Hall–Kier alpha value is -2.29. The first-order valence-electron chi connectivity index (χ1n) is 5.64. The maximum Gasteiger partial charge on any atom is 0.434 e. The maximum absolute atomic E-state index is 12.8. The van der Waals surface area contributed by atoms with Crippen molar-refractivity contribution in [2.75, 3.05) is 0 Å². The smallest absolute Gasteiger partial charge is 0.434 e. The van der Waals surface area contributed by atoms with Crippen molar-refractivity contribution in [3.63, 3.8) is 0 Å². The number of halogens is 4. The van der Waals surface area contributed by atoms with Gasteiger partial charge in [0.05, 0.1) is 0 Å². The van der Waals surface area contributed by atoms with Gasteiger partial charge in [-0.15, -0.1) is 5.10 Å². The fourth-order valence-electron chi connectivity index (χ4n) is 1.84. The third kappa shape index (κ3) is 2.40. The average Bonchev–Trinajstić information content (AvgIpc) is 2.93. The Balaban J connectivity index is 1.98. The zero-order chi connectivity index (χ0) is 15.2. The summed E-state index contributed by atoms with van der Waals surface area (Å²) in [7, 11) is 1.14. The van der Waals surface area contributed by atoms with Crippen molar-refractivity contribution in [1.82, 2.24) is 25.2 Å². The first-order chi connectivity index (χ1) is 9.86. The summed E-state index contributed by atoms with van der Waals surface area (Å²) < 4.78 is 44.3. The number of hydrogen-bond donors (Lipinski definition) is 1. The van der Waals surface area contributed by atoms with Crippen LogP contribution in [0.1, 0.15) is 5.69 Å². The summed E-state index contributed by atoms with van der Waals surface area (Å²) in [5, 5.41) is 13.2. The topological polar surface area (TPSA) is 68.6 Å². The SMILES string of the molecule is Cn1nc(Oc2ccc3n[nH]nc3c2)c(Cl)c1C(F)(F)F. The van der Waals surface area contributed by atoms with Crippen LogP contribution in [0.3, 0.4) is 0 Å². The van der Waals surface area contributed by atoms with Crippen LogP contribution in [0.25, 0.3) is 11.0 Å². The van der Waals surface area contributed by atoms with Gasteiger partial charge in [-0.25, -0.2) is 0 Å². The van der Waals surface area contributed by atoms with Gasteiger partial charge in [0.2, 0.25) is 0 Å². The molecule has 0 atom stereocenters. The molecule has 0 fully saturated rings. The zero-order valence-electron chi connectivity index (χ0n) is 10.4. The Labute approximate surface area is 120 Å². The predicted octanol–water partition coefficient (Wildman–Crippen LogP) is 3.16. The highest BCUT2D eigenvalue weighted by Gasteiger charge is 2.39. The Kier molecular flexibility index (Phi) is 3.01. The predicted molar refractivity (Wildman–Crippen MR) is 67.2 cm³/mol. The highest BCUT2D eigenvalue weighted by Crippen LogP contribution is 2.40. The van der Waals surface area contributed by atoms with E-state index in [2.05, 4.69) is 20.5 Å². The molecule has 2 aromatic heterocycles. The Morgan fingerprint density at radius 3 is 2.62 bits per heavy atom. The van der Waals surface area contributed by atoms with Crippen molar-refractivity contribution >= 4 is 22.6 Å². The first-order valence-corrected chi connectivity index (χ1v) is 6.02. The molecular weight excluding hydrogens is 311 g/mol. The fourth-order valence-corrected chi connectivity index (χ4v) is 2.15. The number of nitrogens with zero attached hydrogens (tertiary/aromatic N) is 4. The molecule has 110 valence electrons. The van der Waals surface area contributed by atoms with Gasteiger partial charge >= 0.3 is 6.18 Å². The number of fused-ring (bicyclic) bond motifs is 1. The van der Waals surface area contributed by atoms with Crippen molar-refractivity contribution in [1.29, 1.82) is 0 Å². The minimum atomic E-state index is -4.61. The van der Waals surface area contributed by atoms with E-state index in [-0.39, 0.29) is 11.6 Å². The molecule has 0 aliphatic heterocycles. The zero-order valence-corrected chi connectivity index (χ0v) is 11.2. The maximum atomic E-state index is 12.8. The second-order valence-corrected chi connectivity index (χ2v) is 4.54. The van der Waals surface area contributed by atoms with E-state index < -0.39 is 16.9 Å². The lowest BCUT2D eigenvalue weighted by Gasteiger charge is -2.06. The van der Waals surface area contributed by atoms with Gasteiger partial charge in [0, 0.05) is 13.1 Å². The van der Waals surface area contributed by atoms with Gasteiger partial charge in [-0.2, -0.15) is 28.6 Å². The van der Waals surface area contributed by atoms with E-state index in [0.29, 0.717) is 15.7 Å². The number of hydrogen-bond acceptors (Lipinski definition) is 4. The van der Waals surface area contributed by atoms with Crippen molar-refractivity contribution in [3.05, 3.63) is 28.9 Å². The molecule has 21 heavy (non-hydrogen) atoms. The normalized spacial score (nSPS) is 12.0. The molecule has 0 radical (unpaired) electrons. The van der Waals surface area contributed by atoms with Crippen LogP contribution >= 0.6 is 11.6 Å². The van der Waals surface area contributed by atoms with Crippen molar-refractivity contribution in [3.8, 4) is 11.6 Å². The molecule has 1 N–H and O–H groups in total. The van der Waals surface area contributed by atoms with Crippen LogP contribution in [0, 0.1) is 0 Å². The second kappa shape index (κ2) is 4.62. The summed E-state index contributed by atoms with van der Waals surface area (Å²) >= 11 is 5.70. The summed E-state index contributed by atoms with van der Waals surface area (Å²) in [6, 6.07) is 4.65. The van der Waals surface area contributed by atoms with Crippen LogP contribution < -0.4 is 4.74 Å². The highest BCUT2D eigenvalue weighted by atomic mass is 35.5. The largest absolute Gasteiger partial charge is 0.436 e. The fraction of sp³-hybridized carbons (Fsp3) is 0.182. The number of aryl methyl sites for hydroxylation is 1. The number of aromatic nitrogens is 5. The molecule has 0 saturated carbocycles. The van der Waals surface area contributed by atoms with Crippen LogP contribution in [0.15, 0.2) is 18.2 Å². The minimum absolute atomic E-state index is 0.255. The third-order valence-corrected chi connectivity index (χ3v) is 3.07. The average molecular weight is 318 g/mol. The summed E-state index contributed by atoms with van der Waals surface area (Å²) in [6.45, 7) is 0. The van der Waals surface area contributed by atoms with Gasteiger partial charge in [-0.1, -0.05) is 11.6 Å². The van der Waals surface area contributed by atoms with Crippen molar-refractivity contribution in [2.45, 2.75) is 6.18 Å². The Morgan fingerprint density at radius 2 is 1.95 bits per heavy atom. The number of benzene rings is 1. The Morgan fingerprint density at radius 1 is 1.24 bits per heavy atom. The number of alkyl halides is 3. The summed E-state index contributed by atoms with van der Waals surface area (Å²) in [4.78, 5) is 0. The van der Waals surface area contributed by atoms with Crippen molar-refractivity contribution < 1.29 is 17.9 Å². The molecule has 10 heteroatoms. The van der Waals surface area contributed by atoms with Crippen molar-refractivity contribution in [2.24, 2.45) is 7.05 Å². The van der Waals surface area contributed by atoms with E-state index >= 15 is 0 Å². The molecular formula is C11H7ClF3N5O. The van der Waals surface area contributed by atoms with Crippen LogP contribution in [0.2, 0.25) is 5.02 Å². The number of ether oxygens (including phenoxy) is 1.